The van der Waals surface area contributed by atoms with Crippen molar-refractivity contribution < 1.29 is 18.0 Å². The molecule has 0 aliphatic carbocycles. The summed E-state index contributed by atoms with van der Waals surface area (Å²) in [5.41, 5.74) is 1.92. The summed E-state index contributed by atoms with van der Waals surface area (Å²) in [7, 11) is -4.14. The second-order valence-electron chi connectivity index (χ2n) is 9.50. The Labute approximate surface area is 236 Å². The van der Waals surface area contributed by atoms with Crippen molar-refractivity contribution in [2.24, 2.45) is 0 Å². The van der Waals surface area contributed by atoms with E-state index in [2.05, 4.69) is 5.32 Å². The number of para-hydroxylation sites is 1. The molecule has 9 heteroatoms. The molecule has 2 unspecified atom stereocenters. The van der Waals surface area contributed by atoms with Gasteiger partial charge in [0.15, 0.2) is 0 Å². The van der Waals surface area contributed by atoms with Crippen LogP contribution in [0, 0.1) is 6.92 Å². The van der Waals surface area contributed by atoms with Crippen LogP contribution in [-0.4, -0.2) is 43.8 Å². The molecule has 0 aliphatic rings. The molecule has 3 aromatic rings. The van der Waals surface area contributed by atoms with Gasteiger partial charge in [0, 0.05) is 17.6 Å². The Hall–Kier alpha value is -3.36. The summed E-state index contributed by atoms with van der Waals surface area (Å²) in [6, 6.07) is 21.4. The molecule has 0 saturated carbocycles. The first-order valence-corrected chi connectivity index (χ1v) is 14.9. The quantitative estimate of drug-likeness (QED) is 0.309. The van der Waals surface area contributed by atoms with Crippen LogP contribution < -0.4 is 9.62 Å². The molecule has 2 amide bonds. The number of rotatable bonds is 12. The molecule has 208 valence electrons. The second-order valence-corrected chi connectivity index (χ2v) is 11.8. The highest BCUT2D eigenvalue weighted by molar-refractivity contribution is 7.92. The van der Waals surface area contributed by atoms with E-state index in [1.165, 1.54) is 29.2 Å². The Morgan fingerprint density at radius 3 is 2.10 bits per heavy atom. The molecule has 0 fully saturated rings. The standard InChI is InChI=1S/C30H36ClN3O4S/c1-5-23(4)32-30(36)27(6-2)33(20-24-13-8-7-9-14-24)29(35)21-34(28-15-11-10-12-22(28)3)39(37,38)26-18-16-25(31)17-19-26/h7-19,23,27H,5-6,20-21H2,1-4H3,(H,32,36). The molecular formula is C30H36ClN3O4S. The number of halogens is 1. The molecule has 7 nitrogen and oxygen atoms in total. The van der Waals surface area contributed by atoms with Gasteiger partial charge in [0.05, 0.1) is 10.6 Å². The van der Waals surface area contributed by atoms with E-state index in [-0.39, 0.29) is 23.4 Å². The smallest absolute Gasteiger partial charge is 0.264 e. The van der Waals surface area contributed by atoms with Crippen molar-refractivity contribution in [3.63, 3.8) is 0 Å². The number of carbonyl (C=O) groups is 2. The zero-order chi connectivity index (χ0) is 28.6. The van der Waals surface area contributed by atoms with Gasteiger partial charge in [0.25, 0.3) is 10.0 Å². The summed E-state index contributed by atoms with van der Waals surface area (Å²) in [5.74, 6) is -0.745. The van der Waals surface area contributed by atoms with E-state index >= 15 is 0 Å². The van der Waals surface area contributed by atoms with E-state index in [1.54, 1.807) is 25.1 Å². The van der Waals surface area contributed by atoms with Crippen LogP contribution in [0.5, 0.6) is 0 Å². The lowest BCUT2D eigenvalue weighted by Crippen LogP contribution is -2.53. The predicted molar refractivity (Wildman–Crippen MR) is 156 cm³/mol. The van der Waals surface area contributed by atoms with Gasteiger partial charge >= 0.3 is 0 Å². The highest BCUT2D eigenvalue weighted by atomic mass is 35.5. The molecule has 0 saturated heterocycles. The summed E-state index contributed by atoms with van der Waals surface area (Å²) in [6.07, 6.45) is 1.12. The number of carbonyl (C=O) groups excluding carboxylic acids is 2. The first-order valence-electron chi connectivity index (χ1n) is 13.1. The van der Waals surface area contributed by atoms with Crippen LogP contribution in [0.15, 0.2) is 83.8 Å². The first kappa shape index (κ1) is 30.2. The second kappa shape index (κ2) is 13.6. The summed E-state index contributed by atoms with van der Waals surface area (Å²) >= 11 is 6.01. The summed E-state index contributed by atoms with van der Waals surface area (Å²) in [6.45, 7) is 7.20. The molecule has 0 aliphatic heterocycles. The van der Waals surface area contributed by atoms with Crippen molar-refractivity contribution in [3.05, 3.63) is 95.0 Å². The molecule has 3 rings (SSSR count). The van der Waals surface area contributed by atoms with Crippen LogP contribution in [-0.2, 0) is 26.2 Å². The van der Waals surface area contributed by atoms with Gasteiger partial charge < -0.3 is 10.2 Å². The largest absolute Gasteiger partial charge is 0.352 e. The lowest BCUT2D eigenvalue weighted by molar-refractivity contribution is -0.140. The van der Waals surface area contributed by atoms with Crippen molar-refractivity contribution in [1.29, 1.82) is 0 Å². The van der Waals surface area contributed by atoms with Gasteiger partial charge in [0.1, 0.15) is 12.6 Å². The SMILES string of the molecule is CCC(C)NC(=O)C(CC)N(Cc1ccccc1)C(=O)CN(c1ccccc1C)S(=O)(=O)c1ccc(Cl)cc1. The predicted octanol–water partition coefficient (Wildman–Crippen LogP) is 5.57. The molecular weight excluding hydrogens is 534 g/mol. The van der Waals surface area contributed by atoms with Crippen LogP contribution in [0.2, 0.25) is 5.02 Å². The number of sulfonamides is 1. The third-order valence-electron chi connectivity index (χ3n) is 6.65. The zero-order valence-corrected chi connectivity index (χ0v) is 24.4. The fourth-order valence-corrected chi connectivity index (χ4v) is 5.84. The Kier molecular flexibility index (Phi) is 10.5. The van der Waals surface area contributed by atoms with Crippen LogP contribution in [0.3, 0.4) is 0 Å². The van der Waals surface area contributed by atoms with E-state index < -0.39 is 28.5 Å². The van der Waals surface area contributed by atoms with Gasteiger partial charge in [-0.2, -0.15) is 0 Å². The number of nitrogens with one attached hydrogen (secondary N) is 1. The lowest BCUT2D eigenvalue weighted by Gasteiger charge is -2.34. The van der Waals surface area contributed by atoms with Gasteiger partial charge in [-0.15, -0.1) is 0 Å². The minimum Gasteiger partial charge on any atom is -0.352 e. The number of nitrogens with zero attached hydrogens (tertiary/aromatic N) is 2. The van der Waals surface area contributed by atoms with Crippen molar-refractivity contribution >= 4 is 39.1 Å². The molecule has 3 aromatic carbocycles. The van der Waals surface area contributed by atoms with Crippen molar-refractivity contribution in [3.8, 4) is 0 Å². The molecule has 2 atom stereocenters. The molecule has 0 heterocycles. The molecule has 0 aromatic heterocycles. The van der Waals surface area contributed by atoms with Gasteiger partial charge in [0.2, 0.25) is 11.8 Å². The van der Waals surface area contributed by atoms with E-state index in [0.717, 1.165) is 16.3 Å². The van der Waals surface area contributed by atoms with E-state index in [1.807, 2.05) is 57.2 Å². The van der Waals surface area contributed by atoms with Crippen LogP contribution in [0.1, 0.15) is 44.7 Å². The van der Waals surface area contributed by atoms with Crippen LogP contribution in [0.25, 0.3) is 0 Å². The van der Waals surface area contributed by atoms with Crippen LogP contribution in [0.4, 0.5) is 5.69 Å². The average Bonchev–Trinajstić information content (AvgIpc) is 2.92. The average molecular weight is 570 g/mol. The lowest BCUT2D eigenvalue weighted by atomic mass is 10.1. The number of amides is 2. The fourth-order valence-electron chi connectivity index (χ4n) is 4.23. The molecule has 0 bridgehead atoms. The third kappa shape index (κ3) is 7.61. The minimum atomic E-state index is -4.14. The number of hydrogen-bond donors (Lipinski definition) is 1. The number of anilines is 1. The summed E-state index contributed by atoms with van der Waals surface area (Å²) < 4.78 is 28.9. The highest BCUT2D eigenvalue weighted by Gasteiger charge is 2.34. The molecule has 0 radical (unpaired) electrons. The first-order chi connectivity index (χ1) is 18.6. The Balaban J connectivity index is 2.05. The Morgan fingerprint density at radius 1 is 0.897 bits per heavy atom. The van der Waals surface area contributed by atoms with Crippen LogP contribution >= 0.6 is 11.6 Å². The number of benzene rings is 3. The van der Waals surface area contributed by atoms with Gasteiger partial charge in [-0.1, -0.05) is 74.0 Å². The Morgan fingerprint density at radius 2 is 1.51 bits per heavy atom. The maximum Gasteiger partial charge on any atom is 0.264 e. The summed E-state index contributed by atoms with van der Waals surface area (Å²) in [5, 5.41) is 3.38. The topological polar surface area (TPSA) is 86.8 Å². The molecule has 1 N–H and O–H groups in total. The van der Waals surface area contributed by atoms with Gasteiger partial charge in [-0.05, 0) is 68.1 Å². The Bertz CT molecular complexity index is 1360. The number of aryl methyl sites for hydroxylation is 1. The van der Waals surface area contributed by atoms with Gasteiger partial charge in [-0.3, -0.25) is 13.9 Å². The molecule has 39 heavy (non-hydrogen) atoms. The maximum absolute atomic E-state index is 14.1. The zero-order valence-electron chi connectivity index (χ0n) is 22.8. The van der Waals surface area contributed by atoms with Crippen molar-refractivity contribution in [1.82, 2.24) is 10.2 Å². The normalized spacial score (nSPS) is 12.8. The fraction of sp³-hybridized carbons (Fsp3) is 0.333. The monoisotopic (exact) mass is 569 g/mol. The third-order valence-corrected chi connectivity index (χ3v) is 8.67. The van der Waals surface area contributed by atoms with E-state index in [4.69, 9.17) is 11.6 Å². The van der Waals surface area contributed by atoms with Crippen molar-refractivity contribution in [2.75, 3.05) is 10.8 Å². The summed E-state index contributed by atoms with van der Waals surface area (Å²) in [4.78, 5) is 28.8. The maximum atomic E-state index is 14.1. The van der Waals surface area contributed by atoms with E-state index in [9.17, 15) is 18.0 Å². The van der Waals surface area contributed by atoms with Crippen molar-refractivity contribution in [2.45, 2.75) is 64.1 Å². The van der Waals surface area contributed by atoms with E-state index in [0.29, 0.717) is 22.7 Å². The molecule has 0 spiro atoms. The number of hydrogen-bond acceptors (Lipinski definition) is 4. The van der Waals surface area contributed by atoms with Gasteiger partial charge in [-0.25, -0.2) is 8.42 Å². The minimum absolute atomic E-state index is 0.0131. The highest BCUT2D eigenvalue weighted by Crippen LogP contribution is 2.28.